The van der Waals surface area contributed by atoms with Gasteiger partial charge in [-0.2, -0.15) is 16.6 Å². The first-order valence-electron chi connectivity index (χ1n) is 4.50. The van der Waals surface area contributed by atoms with Crippen LogP contribution < -0.4 is 0 Å². The van der Waals surface area contributed by atoms with Gasteiger partial charge in [-0.25, -0.2) is 0 Å². The first-order valence-corrected chi connectivity index (χ1v) is 7.86. The summed E-state index contributed by atoms with van der Waals surface area (Å²) < 4.78 is 1.42. The van der Waals surface area contributed by atoms with Gasteiger partial charge in [-0.05, 0) is 19.1 Å². The standard InChI is InChI=1S/C9H15NO2S3/c1-3-13-7-14-15-9(2,6-10)5-4-8(11)12/h7,13H,3-5H2,1-2H3,(H,11,12). The van der Waals surface area contributed by atoms with Crippen LogP contribution in [-0.2, 0) is 4.79 Å². The average molecular weight is 265 g/mol. The van der Waals surface area contributed by atoms with Gasteiger partial charge in [0.2, 0.25) is 0 Å². The summed E-state index contributed by atoms with van der Waals surface area (Å²) in [6.45, 7) is 3.86. The van der Waals surface area contributed by atoms with Crippen LogP contribution in [0.3, 0.4) is 0 Å². The third-order valence-corrected chi connectivity index (χ3v) is 5.82. The Hall–Kier alpha value is -0.120. The molecule has 0 rings (SSSR count). The number of hydrogen-bond donors (Lipinski definition) is 2. The van der Waals surface area contributed by atoms with Crippen LogP contribution in [-0.4, -0.2) is 26.3 Å². The minimum absolute atomic E-state index is 0.0448. The van der Waals surface area contributed by atoms with E-state index in [1.54, 1.807) is 6.92 Å². The van der Waals surface area contributed by atoms with E-state index >= 15 is 0 Å². The molecule has 0 fully saturated rings. The van der Waals surface area contributed by atoms with Crippen molar-refractivity contribution in [1.82, 2.24) is 0 Å². The van der Waals surface area contributed by atoms with Gasteiger partial charge in [0.1, 0.15) is 4.75 Å². The number of nitrogens with zero attached hydrogens (tertiary/aromatic N) is 1. The molecule has 0 aromatic rings. The normalized spacial score (nSPS) is 15.3. The zero-order chi connectivity index (χ0) is 11.7. The van der Waals surface area contributed by atoms with E-state index < -0.39 is 10.7 Å². The van der Waals surface area contributed by atoms with Crippen LogP contribution in [0.4, 0.5) is 0 Å². The van der Waals surface area contributed by atoms with Crippen LogP contribution in [0.2, 0.25) is 0 Å². The van der Waals surface area contributed by atoms with Gasteiger partial charge < -0.3 is 5.11 Å². The van der Waals surface area contributed by atoms with Gasteiger partial charge in [-0.15, -0.1) is 0 Å². The fraction of sp³-hybridized carbons (Fsp3) is 0.667. The van der Waals surface area contributed by atoms with Crippen molar-refractivity contribution in [1.29, 1.82) is 5.26 Å². The Balaban J connectivity index is 4.03. The second kappa shape index (κ2) is 8.08. The lowest BCUT2D eigenvalue weighted by Gasteiger charge is -2.17. The third kappa shape index (κ3) is 7.77. The highest BCUT2D eigenvalue weighted by Gasteiger charge is 2.25. The van der Waals surface area contributed by atoms with Gasteiger partial charge in [-0.3, -0.25) is 4.79 Å². The Kier molecular flexibility index (Phi) is 8.02. The molecule has 0 bridgehead atoms. The average Bonchev–Trinajstić information content (AvgIpc) is 2.22. The summed E-state index contributed by atoms with van der Waals surface area (Å²) in [7, 11) is 2.96. The van der Waals surface area contributed by atoms with Crippen LogP contribution in [0.1, 0.15) is 26.7 Å². The third-order valence-electron chi connectivity index (χ3n) is 1.58. The lowest BCUT2D eigenvalue weighted by Crippen LogP contribution is -2.17. The second-order valence-electron chi connectivity index (χ2n) is 3.02. The summed E-state index contributed by atoms with van der Waals surface area (Å²) in [5.74, 6) is 0.212. The number of aliphatic carboxylic acids is 1. The lowest BCUT2D eigenvalue weighted by atomic mass is 10.1. The van der Waals surface area contributed by atoms with Gasteiger partial charge in [0.15, 0.2) is 0 Å². The maximum Gasteiger partial charge on any atom is 0.303 e. The number of carbonyl (C=O) groups is 1. The number of carboxylic acid groups (broad SMARTS) is 1. The molecule has 0 aliphatic heterocycles. The molecule has 0 heterocycles. The molecule has 1 N–H and O–H groups in total. The monoisotopic (exact) mass is 265 g/mol. The highest BCUT2D eigenvalue weighted by atomic mass is 33.1. The van der Waals surface area contributed by atoms with Crippen molar-refractivity contribution in [3.63, 3.8) is 0 Å². The van der Waals surface area contributed by atoms with Crippen LogP contribution in [0.5, 0.6) is 0 Å². The van der Waals surface area contributed by atoms with Crippen molar-refractivity contribution in [2.75, 3.05) is 5.75 Å². The van der Waals surface area contributed by atoms with Crippen LogP contribution in [0.25, 0.3) is 0 Å². The summed E-state index contributed by atoms with van der Waals surface area (Å²) in [4.78, 5) is 10.4. The van der Waals surface area contributed by atoms with E-state index in [4.69, 9.17) is 10.4 Å². The highest BCUT2D eigenvalue weighted by Crippen LogP contribution is 2.37. The van der Waals surface area contributed by atoms with Gasteiger partial charge in [-0.1, -0.05) is 28.5 Å². The highest BCUT2D eigenvalue weighted by molar-refractivity contribution is 8.83. The number of nitriles is 1. The van der Waals surface area contributed by atoms with E-state index in [1.807, 2.05) is 4.70 Å². The van der Waals surface area contributed by atoms with E-state index in [1.165, 1.54) is 32.9 Å². The Morgan fingerprint density at radius 3 is 2.87 bits per heavy atom. The molecule has 0 saturated carbocycles. The van der Waals surface area contributed by atoms with E-state index in [0.29, 0.717) is 6.42 Å². The Morgan fingerprint density at radius 1 is 1.73 bits per heavy atom. The molecule has 3 nitrogen and oxygen atoms in total. The first kappa shape index (κ1) is 14.9. The molecule has 0 amide bonds. The molecule has 0 spiro atoms. The number of thiol groups is 1. The molecule has 0 aliphatic carbocycles. The zero-order valence-corrected chi connectivity index (χ0v) is 11.3. The van der Waals surface area contributed by atoms with Crippen LogP contribution in [0.15, 0.2) is 0 Å². The molecular formula is C9H15NO2S3. The van der Waals surface area contributed by atoms with Crippen molar-refractivity contribution in [2.24, 2.45) is 0 Å². The summed E-state index contributed by atoms with van der Waals surface area (Å²) >= 11 is 1.23. The van der Waals surface area contributed by atoms with Gasteiger partial charge in [0.05, 0.1) is 6.07 Å². The molecule has 0 aromatic heterocycles. The molecule has 0 saturated heterocycles. The molecule has 1 atom stereocenters. The second-order valence-corrected chi connectivity index (χ2v) is 7.20. The summed E-state index contributed by atoms with van der Waals surface area (Å²) in [5, 5.41) is 17.5. The predicted molar refractivity (Wildman–Crippen MR) is 71.7 cm³/mol. The molecule has 0 aromatic carbocycles. The summed E-state index contributed by atoms with van der Waals surface area (Å²) in [6.07, 6.45) is 0.427. The van der Waals surface area contributed by atoms with E-state index in [9.17, 15) is 4.79 Å². The minimum atomic E-state index is -0.849. The fourth-order valence-electron chi connectivity index (χ4n) is 0.694. The molecule has 15 heavy (non-hydrogen) atoms. The molecule has 1 unspecified atom stereocenters. The van der Waals surface area contributed by atoms with Crippen molar-refractivity contribution in [3.8, 4) is 6.07 Å². The Bertz CT molecular complexity index is 275. The van der Waals surface area contributed by atoms with Crippen molar-refractivity contribution in [3.05, 3.63) is 0 Å². The van der Waals surface area contributed by atoms with Crippen molar-refractivity contribution >= 4 is 43.6 Å². The van der Waals surface area contributed by atoms with Gasteiger partial charge >= 0.3 is 5.97 Å². The van der Waals surface area contributed by atoms with Crippen LogP contribution in [0, 0.1) is 11.3 Å². The summed E-state index contributed by atoms with van der Waals surface area (Å²) in [5.41, 5.74) is 0. The molecular weight excluding hydrogens is 250 g/mol. The number of carboxylic acids is 1. The van der Waals surface area contributed by atoms with Crippen LogP contribution >= 0.6 is 32.9 Å². The minimum Gasteiger partial charge on any atom is -0.481 e. The summed E-state index contributed by atoms with van der Waals surface area (Å²) in [6, 6.07) is 2.17. The van der Waals surface area contributed by atoms with Gasteiger partial charge in [0.25, 0.3) is 0 Å². The topological polar surface area (TPSA) is 61.1 Å². The fourth-order valence-corrected chi connectivity index (χ4v) is 4.08. The molecule has 6 heteroatoms. The van der Waals surface area contributed by atoms with Crippen molar-refractivity contribution in [2.45, 2.75) is 31.4 Å². The SMILES string of the molecule is CC[SH]=CSSC(C)(C#N)CCC(=O)O. The maximum atomic E-state index is 10.4. The maximum absolute atomic E-state index is 10.4. The molecule has 0 aliphatic rings. The smallest absolute Gasteiger partial charge is 0.303 e. The Morgan fingerprint density at radius 2 is 2.40 bits per heavy atom. The quantitative estimate of drug-likeness (QED) is 0.421. The van der Waals surface area contributed by atoms with Gasteiger partial charge in [0, 0.05) is 11.1 Å². The molecule has 0 radical (unpaired) electrons. The van der Waals surface area contributed by atoms with E-state index in [0.717, 1.165) is 5.75 Å². The van der Waals surface area contributed by atoms with E-state index in [2.05, 4.69) is 13.0 Å². The molecule has 86 valence electrons. The van der Waals surface area contributed by atoms with Crippen molar-refractivity contribution < 1.29 is 9.90 Å². The van der Waals surface area contributed by atoms with E-state index in [-0.39, 0.29) is 6.42 Å². The predicted octanol–water partition coefficient (Wildman–Crippen LogP) is 2.76. The Labute approximate surface area is 102 Å². The number of hydrogen-bond acceptors (Lipinski definition) is 4. The lowest BCUT2D eigenvalue weighted by molar-refractivity contribution is -0.137. The number of rotatable bonds is 7. The first-order chi connectivity index (χ1) is 7.04. The zero-order valence-electron chi connectivity index (χ0n) is 8.77. The largest absolute Gasteiger partial charge is 0.481 e.